The minimum absolute atomic E-state index is 0.193. The normalized spacial score (nSPS) is 15.1. The Morgan fingerprint density at radius 2 is 2.06 bits per heavy atom. The highest BCUT2D eigenvalue weighted by atomic mass is 19.1. The van der Waals surface area contributed by atoms with Gasteiger partial charge in [0.25, 0.3) is 5.91 Å². The molecule has 0 atom stereocenters. The molecule has 1 aliphatic heterocycles. The van der Waals surface area contributed by atoms with Crippen LogP contribution in [0.4, 0.5) is 10.1 Å². The van der Waals surface area contributed by atoms with E-state index in [1.807, 2.05) is 19.9 Å². The van der Waals surface area contributed by atoms with Crippen LogP contribution in [0.5, 0.6) is 0 Å². The first-order chi connectivity index (χ1) is 15.1. The predicted octanol–water partition coefficient (Wildman–Crippen LogP) is 3.07. The van der Waals surface area contributed by atoms with E-state index in [9.17, 15) is 9.18 Å². The predicted molar refractivity (Wildman–Crippen MR) is 121 cm³/mol. The Morgan fingerprint density at radius 1 is 1.26 bits per heavy atom. The Kier molecular flexibility index (Phi) is 8.32. The van der Waals surface area contributed by atoms with Gasteiger partial charge in [-0.3, -0.25) is 9.79 Å². The van der Waals surface area contributed by atoms with E-state index in [2.05, 4.69) is 25.8 Å². The fourth-order valence-corrected chi connectivity index (χ4v) is 3.63. The second-order valence-corrected chi connectivity index (χ2v) is 7.69. The Bertz CT molecular complexity index is 874. The van der Waals surface area contributed by atoms with Gasteiger partial charge >= 0.3 is 0 Å². The summed E-state index contributed by atoms with van der Waals surface area (Å²) in [4.78, 5) is 18.9. The molecule has 0 aliphatic carbocycles. The molecule has 1 aromatic heterocycles. The topological polar surface area (TPSA) is 81.9 Å². The fraction of sp³-hybridized carbons (Fsp3) is 0.478. The zero-order chi connectivity index (χ0) is 22.1. The van der Waals surface area contributed by atoms with Gasteiger partial charge in [0.15, 0.2) is 11.7 Å². The summed E-state index contributed by atoms with van der Waals surface area (Å²) in [7, 11) is 0. The van der Waals surface area contributed by atoms with Crippen LogP contribution in [-0.2, 0) is 0 Å². The fourth-order valence-electron chi connectivity index (χ4n) is 3.63. The molecule has 0 unspecified atom stereocenters. The number of nitrogens with zero attached hydrogens (tertiary/aromatic N) is 2. The maximum Gasteiger partial charge on any atom is 0.287 e. The molecule has 7 nitrogen and oxygen atoms in total. The number of benzene rings is 1. The number of hydrogen-bond donors (Lipinski definition) is 3. The van der Waals surface area contributed by atoms with E-state index in [4.69, 9.17) is 4.42 Å². The van der Waals surface area contributed by atoms with Crippen LogP contribution in [-0.4, -0.2) is 50.6 Å². The van der Waals surface area contributed by atoms with Crippen LogP contribution in [0.2, 0.25) is 0 Å². The van der Waals surface area contributed by atoms with Gasteiger partial charge in [0.1, 0.15) is 5.82 Å². The molecule has 0 saturated carbocycles. The number of aryl methyl sites for hydroxylation is 1. The largest absolute Gasteiger partial charge is 0.459 e. The van der Waals surface area contributed by atoms with Crippen molar-refractivity contribution < 1.29 is 13.6 Å². The lowest BCUT2D eigenvalue weighted by Crippen LogP contribution is -2.48. The summed E-state index contributed by atoms with van der Waals surface area (Å²) in [6.45, 7) is 7.55. The second kappa shape index (κ2) is 11.4. The number of piperidine rings is 1. The molecular weight excluding hydrogens is 397 g/mol. The van der Waals surface area contributed by atoms with E-state index >= 15 is 0 Å². The van der Waals surface area contributed by atoms with Crippen molar-refractivity contribution in [1.29, 1.82) is 0 Å². The van der Waals surface area contributed by atoms with Crippen LogP contribution in [0.15, 0.2) is 46.0 Å². The third-order valence-electron chi connectivity index (χ3n) is 5.31. The van der Waals surface area contributed by atoms with Gasteiger partial charge in [-0.15, -0.1) is 0 Å². The number of carbonyl (C=O) groups is 1. The quantitative estimate of drug-likeness (QED) is 0.341. The molecule has 1 saturated heterocycles. The average molecular weight is 430 g/mol. The van der Waals surface area contributed by atoms with E-state index in [0.717, 1.165) is 56.1 Å². The van der Waals surface area contributed by atoms with Crippen molar-refractivity contribution in [2.75, 3.05) is 37.6 Å². The minimum atomic E-state index is -0.199. The molecule has 3 rings (SSSR count). The first-order valence-electron chi connectivity index (χ1n) is 10.9. The van der Waals surface area contributed by atoms with Crippen molar-refractivity contribution in [2.24, 2.45) is 4.99 Å². The number of aliphatic imine (C=N–C) groups is 1. The number of amides is 1. The van der Waals surface area contributed by atoms with E-state index in [-0.39, 0.29) is 11.7 Å². The van der Waals surface area contributed by atoms with Crippen molar-refractivity contribution in [3.63, 3.8) is 0 Å². The molecule has 31 heavy (non-hydrogen) atoms. The summed E-state index contributed by atoms with van der Waals surface area (Å²) < 4.78 is 18.7. The highest BCUT2D eigenvalue weighted by Gasteiger charge is 2.20. The standard InChI is InChI=1S/C23H32FN5O2/c1-3-25-23(27-12-5-11-26-22(30)21-17(2)10-15-31-21)28-19-8-13-29(14-9-19)20-7-4-6-18(24)16-20/h4,6-7,10,15-16,19H,3,5,8-9,11-14H2,1-2H3,(H,26,30)(H2,25,27,28). The van der Waals surface area contributed by atoms with Crippen molar-refractivity contribution in [2.45, 2.75) is 39.2 Å². The maximum absolute atomic E-state index is 13.5. The summed E-state index contributed by atoms with van der Waals surface area (Å²) >= 11 is 0. The third-order valence-corrected chi connectivity index (χ3v) is 5.31. The summed E-state index contributed by atoms with van der Waals surface area (Å²) in [6.07, 6.45) is 4.17. The molecule has 2 aromatic rings. The molecular formula is C23H32FN5O2. The zero-order valence-corrected chi connectivity index (χ0v) is 18.3. The first-order valence-corrected chi connectivity index (χ1v) is 10.9. The van der Waals surface area contributed by atoms with Crippen molar-refractivity contribution in [1.82, 2.24) is 16.0 Å². The summed E-state index contributed by atoms with van der Waals surface area (Å²) in [5, 5.41) is 9.65. The number of hydrogen-bond acceptors (Lipinski definition) is 4. The highest BCUT2D eigenvalue weighted by molar-refractivity contribution is 5.92. The smallest absolute Gasteiger partial charge is 0.287 e. The van der Waals surface area contributed by atoms with E-state index in [1.165, 1.54) is 12.3 Å². The minimum Gasteiger partial charge on any atom is -0.459 e. The van der Waals surface area contributed by atoms with E-state index in [1.54, 1.807) is 18.2 Å². The number of nitrogens with one attached hydrogen (secondary N) is 3. The molecule has 0 spiro atoms. The Balaban J connectivity index is 1.40. The Labute approximate surface area is 183 Å². The van der Waals surface area contributed by atoms with Gasteiger partial charge in [-0.1, -0.05) is 6.07 Å². The molecule has 1 amide bonds. The number of halogens is 1. The Hall–Kier alpha value is -3.03. The van der Waals surface area contributed by atoms with Crippen LogP contribution in [0.3, 0.4) is 0 Å². The van der Waals surface area contributed by atoms with Crippen molar-refractivity contribution in [3.8, 4) is 0 Å². The molecule has 8 heteroatoms. The molecule has 1 fully saturated rings. The SMILES string of the molecule is CCNC(=NCCCNC(=O)c1occc1C)NC1CCN(c2cccc(F)c2)CC1. The van der Waals surface area contributed by atoms with Crippen molar-refractivity contribution in [3.05, 3.63) is 53.7 Å². The number of rotatable bonds is 8. The number of furan rings is 1. The second-order valence-electron chi connectivity index (χ2n) is 7.69. The number of anilines is 1. The summed E-state index contributed by atoms with van der Waals surface area (Å²) in [6, 6.07) is 8.86. The molecule has 1 aliphatic rings. The molecule has 1 aromatic carbocycles. The number of guanidine groups is 1. The van der Waals surface area contributed by atoms with Gasteiger partial charge in [0.2, 0.25) is 0 Å². The van der Waals surface area contributed by atoms with Gasteiger partial charge < -0.3 is 25.3 Å². The summed E-state index contributed by atoms with van der Waals surface area (Å²) in [5.74, 6) is 0.763. The average Bonchev–Trinajstić information content (AvgIpc) is 3.20. The van der Waals surface area contributed by atoms with Crippen LogP contribution < -0.4 is 20.9 Å². The number of carbonyl (C=O) groups excluding carboxylic acids is 1. The van der Waals surface area contributed by atoms with Gasteiger partial charge in [-0.25, -0.2) is 4.39 Å². The lowest BCUT2D eigenvalue weighted by molar-refractivity contribution is 0.0925. The molecule has 0 bridgehead atoms. The van der Waals surface area contributed by atoms with E-state index < -0.39 is 0 Å². The lowest BCUT2D eigenvalue weighted by Gasteiger charge is -2.34. The van der Waals surface area contributed by atoms with Gasteiger partial charge in [-0.05, 0) is 57.4 Å². The first kappa shape index (κ1) is 22.7. The van der Waals surface area contributed by atoms with Crippen molar-refractivity contribution >= 4 is 17.6 Å². The van der Waals surface area contributed by atoms with Crippen LogP contribution >= 0.6 is 0 Å². The maximum atomic E-state index is 13.5. The van der Waals surface area contributed by atoms with Crippen LogP contribution in [0, 0.1) is 12.7 Å². The molecule has 3 N–H and O–H groups in total. The lowest BCUT2D eigenvalue weighted by atomic mass is 10.0. The molecule has 168 valence electrons. The monoisotopic (exact) mass is 429 g/mol. The zero-order valence-electron chi connectivity index (χ0n) is 18.3. The molecule has 0 radical (unpaired) electrons. The van der Waals surface area contributed by atoms with Crippen LogP contribution in [0.1, 0.15) is 42.3 Å². The Morgan fingerprint density at radius 3 is 2.74 bits per heavy atom. The third kappa shape index (κ3) is 6.73. The summed E-state index contributed by atoms with van der Waals surface area (Å²) in [5.41, 5.74) is 1.77. The van der Waals surface area contributed by atoms with Gasteiger partial charge in [-0.2, -0.15) is 0 Å². The van der Waals surface area contributed by atoms with Crippen LogP contribution in [0.25, 0.3) is 0 Å². The molecule has 2 heterocycles. The van der Waals surface area contributed by atoms with Gasteiger partial charge in [0, 0.05) is 50.0 Å². The highest BCUT2D eigenvalue weighted by Crippen LogP contribution is 2.20. The van der Waals surface area contributed by atoms with Gasteiger partial charge in [0.05, 0.1) is 6.26 Å². The van der Waals surface area contributed by atoms with E-state index in [0.29, 0.717) is 24.9 Å².